The van der Waals surface area contributed by atoms with Crippen LogP contribution in [-0.4, -0.2) is 32.5 Å². The Morgan fingerprint density at radius 2 is 1.95 bits per heavy atom. The molecule has 0 aliphatic rings. The van der Waals surface area contributed by atoms with Crippen LogP contribution in [0.1, 0.15) is 34.2 Å². The molecule has 0 spiro atoms. The molecule has 0 unspecified atom stereocenters. The van der Waals surface area contributed by atoms with Crippen molar-refractivity contribution < 1.29 is 13.9 Å². The molecule has 106 valence electrons. The SMILES string of the molecule is CCOC(=O)c1cnc([Se]c2c(C)cc(C)cc2C)o1. The number of nitrogens with zero attached hydrogens (tertiary/aromatic N) is 1. The van der Waals surface area contributed by atoms with Crippen LogP contribution in [0.5, 0.6) is 0 Å². The Bertz CT molecular complexity index is 611. The second-order valence-electron chi connectivity index (χ2n) is 4.54. The van der Waals surface area contributed by atoms with Gasteiger partial charge in [-0.3, -0.25) is 0 Å². The predicted molar refractivity (Wildman–Crippen MR) is 78.1 cm³/mol. The fourth-order valence-corrected chi connectivity index (χ4v) is 3.80. The molecule has 0 amide bonds. The second-order valence-corrected chi connectivity index (χ2v) is 6.56. The van der Waals surface area contributed by atoms with E-state index < -0.39 is 5.97 Å². The number of oxazole rings is 1. The molecular weight excluding hydrogens is 321 g/mol. The van der Waals surface area contributed by atoms with Gasteiger partial charge in [0.05, 0.1) is 0 Å². The molecule has 1 aromatic carbocycles. The van der Waals surface area contributed by atoms with Crippen LogP contribution in [0.2, 0.25) is 0 Å². The molecule has 4 nitrogen and oxygen atoms in total. The van der Waals surface area contributed by atoms with E-state index in [4.69, 9.17) is 9.15 Å². The molecule has 0 bridgehead atoms. The van der Waals surface area contributed by atoms with Gasteiger partial charge in [0.1, 0.15) is 0 Å². The summed E-state index contributed by atoms with van der Waals surface area (Å²) in [6.07, 6.45) is 1.44. The first-order chi connectivity index (χ1) is 9.51. The first-order valence-electron chi connectivity index (χ1n) is 6.40. The van der Waals surface area contributed by atoms with E-state index in [0.29, 0.717) is 11.4 Å². The molecule has 1 aromatic heterocycles. The van der Waals surface area contributed by atoms with E-state index in [2.05, 4.69) is 37.9 Å². The quantitative estimate of drug-likeness (QED) is 0.625. The fraction of sp³-hybridized carbons (Fsp3) is 0.333. The number of aryl methyl sites for hydroxylation is 3. The normalized spacial score (nSPS) is 10.6. The Labute approximate surface area is 124 Å². The number of hydrogen-bond donors (Lipinski definition) is 0. The number of hydrogen-bond acceptors (Lipinski definition) is 4. The monoisotopic (exact) mass is 339 g/mol. The number of rotatable bonds is 4. The number of esters is 1. The second kappa shape index (κ2) is 6.25. The van der Waals surface area contributed by atoms with Crippen molar-refractivity contribution in [3.05, 3.63) is 40.8 Å². The molecule has 0 aliphatic heterocycles. The van der Waals surface area contributed by atoms with Gasteiger partial charge in [0.15, 0.2) is 0 Å². The van der Waals surface area contributed by atoms with Crippen LogP contribution in [-0.2, 0) is 4.74 Å². The average Bonchev–Trinajstić information content (AvgIpc) is 2.82. The third kappa shape index (κ3) is 3.30. The summed E-state index contributed by atoms with van der Waals surface area (Å²) in [6, 6.07) is 4.30. The van der Waals surface area contributed by atoms with Gasteiger partial charge in [-0.15, -0.1) is 0 Å². The van der Waals surface area contributed by atoms with Crippen LogP contribution >= 0.6 is 0 Å². The summed E-state index contributed by atoms with van der Waals surface area (Å²) >= 11 is -0.0490. The van der Waals surface area contributed by atoms with Gasteiger partial charge in [0, 0.05) is 0 Å². The van der Waals surface area contributed by atoms with Gasteiger partial charge >= 0.3 is 124 Å². The van der Waals surface area contributed by atoms with Crippen LogP contribution in [0.4, 0.5) is 0 Å². The third-order valence-corrected chi connectivity index (χ3v) is 5.30. The molecular formula is C15H17NO3Se. The van der Waals surface area contributed by atoms with Crippen molar-refractivity contribution in [2.75, 3.05) is 6.61 Å². The number of aromatic nitrogens is 1. The van der Waals surface area contributed by atoms with Gasteiger partial charge in [-0.05, 0) is 0 Å². The molecule has 2 aromatic rings. The van der Waals surface area contributed by atoms with Crippen molar-refractivity contribution in [2.45, 2.75) is 27.7 Å². The van der Waals surface area contributed by atoms with E-state index in [1.165, 1.54) is 27.3 Å². The first-order valence-corrected chi connectivity index (χ1v) is 8.11. The molecule has 0 fully saturated rings. The van der Waals surface area contributed by atoms with Crippen molar-refractivity contribution in [2.24, 2.45) is 0 Å². The zero-order valence-corrected chi connectivity index (χ0v) is 13.7. The topological polar surface area (TPSA) is 52.3 Å². The van der Waals surface area contributed by atoms with Crippen molar-refractivity contribution in [1.82, 2.24) is 4.98 Å². The third-order valence-electron chi connectivity index (χ3n) is 2.76. The Balaban J connectivity index is 2.21. The molecule has 20 heavy (non-hydrogen) atoms. The molecule has 0 aliphatic carbocycles. The summed E-state index contributed by atoms with van der Waals surface area (Å²) in [5.41, 5.74) is 3.72. The zero-order valence-electron chi connectivity index (χ0n) is 12.0. The van der Waals surface area contributed by atoms with Crippen LogP contribution in [0.15, 0.2) is 22.7 Å². The summed E-state index contributed by atoms with van der Waals surface area (Å²) in [6.45, 7) is 8.35. The van der Waals surface area contributed by atoms with Crippen molar-refractivity contribution >= 4 is 30.2 Å². The van der Waals surface area contributed by atoms with Gasteiger partial charge in [0.25, 0.3) is 0 Å². The number of ether oxygens (including phenoxy) is 1. The zero-order chi connectivity index (χ0) is 14.7. The maximum absolute atomic E-state index is 11.5. The Morgan fingerprint density at radius 1 is 1.30 bits per heavy atom. The Kier molecular flexibility index (Phi) is 4.63. The Morgan fingerprint density at radius 3 is 2.55 bits per heavy atom. The van der Waals surface area contributed by atoms with Gasteiger partial charge in [-0.2, -0.15) is 0 Å². The van der Waals surface area contributed by atoms with E-state index in [0.717, 1.165) is 0 Å². The van der Waals surface area contributed by atoms with Crippen molar-refractivity contribution in [1.29, 1.82) is 0 Å². The molecule has 0 saturated heterocycles. The summed E-state index contributed by atoms with van der Waals surface area (Å²) in [4.78, 5) is 16.3. The van der Waals surface area contributed by atoms with Crippen LogP contribution in [0.25, 0.3) is 0 Å². The van der Waals surface area contributed by atoms with Gasteiger partial charge in [0.2, 0.25) is 0 Å². The first kappa shape index (κ1) is 14.8. The predicted octanol–water partition coefficient (Wildman–Crippen LogP) is 1.43. The van der Waals surface area contributed by atoms with Crippen molar-refractivity contribution in [3.8, 4) is 0 Å². The van der Waals surface area contributed by atoms with Gasteiger partial charge in [-0.1, -0.05) is 0 Å². The molecule has 0 saturated carbocycles. The molecule has 0 radical (unpaired) electrons. The van der Waals surface area contributed by atoms with Crippen molar-refractivity contribution in [3.63, 3.8) is 0 Å². The van der Waals surface area contributed by atoms with E-state index in [1.807, 2.05) is 0 Å². The molecule has 5 heteroatoms. The molecule has 1 heterocycles. The maximum atomic E-state index is 11.5. The number of benzene rings is 1. The van der Waals surface area contributed by atoms with E-state index in [9.17, 15) is 4.79 Å². The van der Waals surface area contributed by atoms with E-state index in [-0.39, 0.29) is 20.7 Å². The van der Waals surface area contributed by atoms with E-state index in [1.54, 1.807) is 6.92 Å². The average molecular weight is 338 g/mol. The molecule has 0 atom stereocenters. The summed E-state index contributed by atoms with van der Waals surface area (Å²) in [7, 11) is 0. The van der Waals surface area contributed by atoms with Gasteiger partial charge < -0.3 is 0 Å². The fourth-order valence-electron chi connectivity index (χ4n) is 2.02. The summed E-state index contributed by atoms with van der Waals surface area (Å²) in [5, 5.41) is 0. The number of carbonyl (C=O) groups excluding carboxylic acids is 1. The standard InChI is InChI=1S/C15H17NO3Se/c1-5-18-14(17)12-8-16-15(19-12)20-13-10(3)6-9(2)7-11(13)4/h6-8H,5H2,1-4H3. The Hall–Kier alpha value is -1.58. The van der Waals surface area contributed by atoms with E-state index >= 15 is 0 Å². The van der Waals surface area contributed by atoms with Gasteiger partial charge in [-0.25, -0.2) is 0 Å². The van der Waals surface area contributed by atoms with Crippen LogP contribution < -0.4 is 9.25 Å². The van der Waals surface area contributed by atoms with Crippen LogP contribution in [0.3, 0.4) is 0 Å². The minimum absolute atomic E-state index is 0.0490. The summed E-state index contributed by atoms with van der Waals surface area (Å²) in [5.74, 6) is -0.287. The molecule has 2 rings (SSSR count). The number of carbonyl (C=O) groups is 1. The summed E-state index contributed by atoms with van der Waals surface area (Å²) < 4.78 is 11.6. The minimum atomic E-state index is -0.459. The van der Waals surface area contributed by atoms with Crippen LogP contribution in [0, 0.1) is 20.8 Å². The molecule has 0 N–H and O–H groups in total.